The van der Waals surface area contributed by atoms with E-state index in [1.807, 2.05) is 11.3 Å². The van der Waals surface area contributed by atoms with Crippen molar-refractivity contribution in [3.05, 3.63) is 315 Å². The van der Waals surface area contributed by atoms with E-state index in [9.17, 15) is 0 Å². The zero-order valence-electron chi connectivity index (χ0n) is 51.8. The molecule has 436 valence electrons. The van der Waals surface area contributed by atoms with Gasteiger partial charge in [-0.2, -0.15) is 0 Å². The molecule has 3 nitrogen and oxygen atoms in total. The SMILES string of the molecule is CC(C)(C)c1ccc(-n2c3ccccc3c3cc4c(cc32)N(c2ccccc2-c2ccccc2)c2cc(-c3ccc(-c5cc6cccc7ccc8c(-c9ccccc9)ccc5c8c76)cc3)cc3c2B4c2sc4ccccc4c2N3c2ccccc2-c2ccccc2)cc1. The quantitative estimate of drug-likeness (QED) is 0.111. The lowest BCUT2D eigenvalue weighted by atomic mass is 9.36. The summed E-state index contributed by atoms with van der Waals surface area (Å²) >= 11 is 1.95. The maximum Gasteiger partial charge on any atom is 0.264 e. The molecule has 19 rings (SSSR count). The van der Waals surface area contributed by atoms with Crippen molar-refractivity contribution in [2.75, 3.05) is 9.80 Å². The van der Waals surface area contributed by atoms with E-state index in [0.29, 0.717) is 0 Å². The van der Waals surface area contributed by atoms with Crippen LogP contribution in [0.2, 0.25) is 0 Å². The number of thiophene rings is 1. The third-order valence-electron chi connectivity index (χ3n) is 20.1. The lowest BCUT2D eigenvalue weighted by Crippen LogP contribution is -2.60. The second-order valence-corrected chi connectivity index (χ2v) is 27.4. The summed E-state index contributed by atoms with van der Waals surface area (Å²) in [5, 5.41) is 11.4. The fourth-order valence-electron chi connectivity index (χ4n) is 15.8. The molecule has 2 aliphatic rings. The average Bonchev–Trinajstić information content (AvgIpc) is 1.66. The molecule has 0 N–H and O–H groups in total. The van der Waals surface area contributed by atoms with Crippen molar-refractivity contribution >= 4 is 132 Å². The number of benzene rings is 15. The van der Waals surface area contributed by atoms with E-state index in [0.717, 1.165) is 39.4 Å². The molecule has 0 unspecified atom stereocenters. The molecule has 93 heavy (non-hydrogen) atoms. The Labute approximate surface area is 545 Å². The molecule has 0 fully saturated rings. The number of fused-ring (bicyclic) bond motifs is 9. The van der Waals surface area contributed by atoms with Gasteiger partial charge in [-0.05, 0) is 159 Å². The highest BCUT2D eigenvalue weighted by molar-refractivity contribution is 7.33. The molecule has 0 aliphatic carbocycles. The second-order valence-electron chi connectivity index (χ2n) is 26.3. The summed E-state index contributed by atoms with van der Waals surface area (Å²) in [4.78, 5) is 5.29. The van der Waals surface area contributed by atoms with Gasteiger partial charge in [0, 0.05) is 59.5 Å². The van der Waals surface area contributed by atoms with Crippen molar-refractivity contribution in [2.45, 2.75) is 26.2 Å². The summed E-state index contributed by atoms with van der Waals surface area (Å²) < 4.78 is 5.12. The molecule has 0 atom stereocenters. The highest BCUT2D eigenvalue weighted by atomic mass is 32.1. The van der Waals surface area contributed by atoms with E-state index < -0.39 is 0 Å². The van der Waals surface area contributed by atoms with Crippen LogP contribution in [0.5, 0.6) is 0 Å². The van der Waals surface area contributed by atoms with Gasteiger partial charge in [0.1, 0.15) is 0 Å². The van der Waals surface area contributed by atoms with Crippen LogP contribution in [0, 0.1) is 0 Å². The van der Waals surface area contributed by atoms with E-state index in [4.69, 9.17) is 0 Å². The van der Waals surface area contributed by atoms with Crippen LogP contribution in [0.4, 0.5) is 34.1 Å². The molecular formula is C88H60BN3S. The molecule has 0 amide bonds. The number of para-hydroxylation sites is 3. The standard InChI is InChI=1S/C88H60BN3S/c1-88(2,3)63-43-45-64(46-44-63)90-77-36-19-15-32-68(77)73-53-74-79(54-78(73)90)91(75-34-17-13-30-66(75)57-24-9-5-10-25-57)80-51-62(52-81-85(80)89(74)87-86(71-33-16-20-37-82(71)93-87)92(81)76-35-18-14-31-67(76)58-26-11-6-12-27-58)55-38-40-59(41-39-55)72-50-61-29-21-28-60-42-47-69-65(56-22-7-4-8-23-56)48-49-70(72)84(69)83(60)61/h4-54H,1-3H3. The summed E-state index contributed by atoms with van der Waals surface area (Å²) in [5.74, 6) is 0. The normalized spacial score (nSPS) is 12.8. The van der Waals surface area contributed by atoms with Crippen molar-refractivity contribution in [3.8, 4) is 61.3 Å². The van der Waals surface area contributed by atoms with Crippen molar-refractivity contribution in [2.24, 2.45) is 0 Å². The lowest BCUT2D eigenvalue weighted by Gasteiger charge is -2.44. The number of hydrogen-bond donors (Lipinski definition) is 0. The molecule has 0 radical (unpaired) electrons. The number of nitrogens with zero attached hydrogens (tertiary/aromatic N) is 3. The van der Waals surface area contributed by atoms with Gasteiger partial charge in [0.25, 0.3) is 6.71 Å². The van der Waals surface area contributed by atoms with Crippen molar-refractivity contribution in [1.82, 2.24) is 4.57 Å². The van der Waals surface area contributed by atoms with Gasteiger partial charge in [-0.25, -0.2) is 0 Å². The Balaban J connectivity index is 0.902. The fourth-order valence-corrected chi connectivity index (χ4v) is 17.1. The van der Waals surface area contributed by atoms with Crippen molar-refractivity contribution in [1.29, 1.82) is 0 Å². The zero-order chi connectivity index (χ0) is 61.6. The van der Waals surface area contributed by atoms with Gasteiger partial charge < -0.3 is 14.4 Å². The molecular weight excluding hydrogens is 1140 g/mol. The van der Waals surface area contributed by atoms with Crippen LogP contribution in [0.1, 0.15) is 26.3 Å². The lowest BCUT2D eigenvalue weighted by molar-refractivity contribution is 0.590. The summed E-state index contributed by atoms with van der Waals surface area (Å²) in [5.41, 5.74) is 26.3. The zero-order valence-corrected chi connectivity index (χ0v) is 52.6. The number of rotatable bonds is 8. The maximum absolute atomic E-state index is 2.65. The first kappa shape index (κ1) is 53.6. The van der Waals surface area contributed by atoms with E-state index in [1.165, 1.54) is 141 Å². The summed E-state index contributed by atoms with van der Waals surface area (Å²) in [6.07, 6.45) is 0. The van der Waals surface area contributed by atoms with Crippen LogP contribution < -0.4 is 25.5 Å². The summed E-state index contributed by atoms with van der Waals surface area (Å²) in [7, 11) is 0. The highest BCUT2D eigenvalue weighted by Gasteiger charge is 2.47. The molecule has 2 aliphatic heterocycles. The first-order valence-corrected chi connectivity index (χ1v) is 33.2. The molecule has 0 bridgehead atoms. The van der Waals surface area contributed by atoms with Gasteiger partial charge in [-0.3, -0.25) is 0 Å². The largest absolute Gasteiger partial charge is 0.311 e. The molecule has 4 heterocycles. The Hall–Kier alpha value is -11.2. The van der Waals surface area contributed by atoms with E-state index in [-0.39, 0.29) is 12.1 Å². The fraction of sp³-hybridized carbons (Fsp3) is 0.0455. The third kappa shape index (κ3) is 8.23. The monoisotopic (exact) mass is 1200 g/mol. The Morgan fingerprint density at radius 2 is 0.882 bits per heavy atom. The van der Waals surface area contributed by atoms with Crippen LogP contribution in [0.15, 0.2) is 309 Å². The third-order valence-corrected chi connectivity index (χ3v) is 21.3. The van der Waals surface area contributed by atoms with E-state index >= 15 is 0 Å². The van der Waals surface area contributed by atoms with Gasteiger partial charge in [-0.1, -0.05) is 269 Å². The minimum Gasteiger partial charge on any atom is -0.311 e. The van der Waals surface area contributed by atoms with Crippen molar-refractivity contribution < 1.29 is 0 Å². The number of hydrogen-bond acceptors (Lipinski definition) is 3. The first-order chi connectivity index (χ1) is 45.8. The predicted octanol–water partition coefficient (Wildman–Crippen LogP) is 22.6. The Morgan fingerprint density at radius 1 is 0.323 bits per heavy atom. The van der Waals surface area contributed by atoms with Gasteiger partial charge in [0.15, 0.2) is 0 Å². The van der Waals surface area contributed by atoms with Crippen LogP contribution >= 0.6 is 11.3 Å². The Bertz CT molecular complexity index is 5840. The topological polar surface area (TPSA) is 11.4 Å². The molecule has 15 aromatic carbocycles. The minimum absolute atomic E-state index is 0.0151. The number of aromatic nitrogens is 1. The molecule has 0 spiro atoms. The number of anilines is 6. The summed E-state index contributed by atoms with van der Waals surface area (Å²) in [6, 6.07) is 117. The van der Waals surface area contributed by atoms with Gasteiger partial charge in [-0.15, -0.1) is 11.3 Å². The Morgan fingerprint density at radius 3 is 1.58 bits per heavy atom. The Kier molecular flexibility index (Phi) is 11.9. The first-order valence-electron chi connectivity index (χ1n) is 32.4. The van der Waals surface area contributed by atoms with Gasteiger partial charge in [0.2, 0.25) is 0 Å². The van der Waals surface area contributed by atoms with Crippen molar-refractivity contribution in [3.63, 3.8) is 0 Å². The molecule has 17 aromatic rings. The van der Waals surface area contributed by atoms with Gasteiger partial charge >= 0.3 is 0 Å². The van der Waals surface area contributed by atoms with E-state index in [1.54, 1.807) is 0 Å². The minimum atomic E-state index is -0.123. The van der Waals surface area contributed by atoms with Crippen LogP contribution in [-0.2, 0) is 5.41 Å². The molecule has 0 saturated carbocycles. The molecule has 5 heteroatoms. The van der Waals surface area contributed by atoms with Crippen LogP contribution in [-0.4, -0.2) is 11.3 Å². The maximum atomic E-state index is 2.65. The molecule has 0 saturated heterocycles. The van der Waals surface area contributed by atoms with Crippen LogP contribution in [0.25, 0.3) is 126 Å². The van der Waals surface area contributed by atoms with Crippen LogP contribution in [0.3, 0.4) is 0 Å². The highest BCUT2D eigenvalue weighted by Crippen LogP contribution is 2.53. The predicted molar refractivity (Wildman–Crippen MR) is 400 cm³/mol. The van der Waals surface area contributed by atoms with E-state index in [2.05, 4.69) is 345 Å². The molecule has 2 aromatic heterocycles. The smallest absolute Gasteiger partial charge is 0.264 e. The average molecular weight is 1200 g/mol. The second kappa shape index (κ2) is 20.6. The summed E-state index contributed by atoms with van der Waals surface area (Å²) in [6.45, 7) is 6.77. The van der Waals surface area contributed by atoms with Gasteiger partial charge in [0.05, 0.1) is 28.1 Å².